The van der Waals surface area contributed by atoms with Gasteiger partial charge in [-0.3, -0.25) is 8.98 Å². The number of aliphatic hydroxyl groups is 1. The van der Waals surface area contributed by atoms with Gasteiger partial charge in [0.15, 0.2) is 5.76 Å². The molecule has 174 valence electrons. The minimum atomic E-state index is -4.05. The van der Waals surface area contributed by atoms with Gasteiger partial charge >= 0.3 is 10.3 Å². The third-order valence-electron chi connectivity index (χ3n) is 5.86. The van der Waals surface area contributed by atoms with Crippen LogP contribution in [0.3, 0.4) is 0 Å². The van der Waals surface area contributed by atoms with Crippen LogP contribution >= 0.6 is 0 Å². The second kappa shape index (κ2) is 9.63. The number of nitrogens with zero attached hydrogens (tertiary/aromatic N) is 2. The largest absolute Gasteiger partial charge is 0.460 e. The second-order valence-electron chi connectivity index (χ2n) is 8.18. The number of aliphatic hydroxyl groups excluding tert-OH is 1. The van der Waals surface area contributed by atoms with Gasteiger partial charge in [-0.2, -0.15) is 8.42 Å². The molecule has 1 saturated carbocycles. The summed E-state index contributed by atoms with van der Waals surface area (Å²) in [7, 11) is -4.05. The second-order valence-corrected chi connectivity index (χ2v) is 9.40. The quantitative estimate of drug-likeness (QED) is 0.456. The van der Waals surface area contributed by atoms with E-state index in [-0.39, 0.29) is 41.7 Å². The van der Waals surface area contributed by atoms with E-state index in [0.29, 0.717) is 31.8 Å². The number of furan rings is 1. The zero-order valence-electron chi connectivity index (χ0n) is 17.3. The first-order valence-corrected chi connectivity index (χ1v) is 11.9. The van der Waals surface area contributed by atoms with Gasteiger partial charge in [-0.25, -0.2) is 15.1 Å². The van der Waals surface area contributed by atoms with Crippen molar-refractivity contribution in [3.8, 4) is 0 Å². The lowest BCUT2D eigenvalue weighted by molar-refractivity contribution is 0.0999. The predicted molar refractivity (Wildman–Crippen MR) is 112 cm³/mol. The van der Waals surface area contributed by atoms with Gasteiger partial charge < -0.3 is 19.6 Å². The van der Waals surface area contributed by atoms with Crippen molar-refractivity contribution in [3.05, 3.63) is 41.7 Å². The molecule has 4 N–H and O–H groups in total. The van der Waals surface area contributed by atoms with E-state index in [1.165, 1.54) is 12.5 Å². The minimum Gasteiger partial charge on any atom is -0.460 e. The Kier molecular flexibility index (Phi) is 6.86. The maximum atomic E-state index is 13.0. The molecule has 0 aromatic carbocycles. The lowest BCUT2D eigenvalue weighted by Gasteiger charge is -2.14. The van der Waals surface area contributed by atoms with Crippen molar-refractivity contribution in [2.45, 2.75) is 37.9 Å². The Labute approximate surface area is 185 Å². The molecule has 2 aromatic rings. The van der Waals surface area contributed by atoms with E-state index < -0.39 is 16.4 Å². The van der Waals surface area contributed by atoms with Crippen molar-refractivity contribution < 1.29 is 31.7 Å². The van der Waals surface area contributed by atoms with Gasteiger partial charge in [-0.1, -0.05) is 0 Å². The van der Waals surface area contributed by atoms with Crippen molar-refractivity contribution in [2.24, 2.45) is 17.0 Å². The number of carbonyl (C=O) groups excluding carboxylic acids is 1. The van der Waals surface area contributed by atoms with Crippen LogP contribution in [0.1, 0.15) is 53.5 Å². The molecule has 4 rings (SSSR count). The Bertz CT molecular complexity index is 1050. The monoisotopic (exact) mass is 466 g/mol. The highest BCUT2D eigenvalue weighted by Gasteiger charge is 2.34. The number of hydrogen-bond acceptors (Lipinski definition) is 10. The van der Waals surface area contributed by atoms with E-state index in [1.54, 1.807) is 12.3 Å². The first-order valence-electron chi connectivity index (χ1n) is 10.4. The fraction of sp³-hybridized carbons (Fsp3) is 0.550. The van der Waals surface area contributed by atoms with Gasteiger partial charge in [-0.15, -0.1) is 0 Å². The van der Waals surface area contributed by atoms with Gasteiger partial charge in [0.2, 0.25) is 5.78 Å². The molecule has 2 fully saturated rings. The van der Waals surface area contributed by atoms with Crippen molar-refractivity contribution in [3.63, 3.8) is 0 Å². The van der Waals surface area contributed by atoms with Crippen LogP contribution in [0.2, 0.25) is 0 Å². The lowest BCUT2D eigenvalue weighted by Crippen LogP contribution is -2.24. The van der Waals surface area contributed by atoms with Crippen LogP contribution in [0.15, 0.2) is 29.3 Å². The number of carbonyl (C=O) groups is 1. The maximum Gasteiger partial charge on any atom is 0.333 e. The maximum absolute atomic E-state index is 13.0. The number of aromatic nitrogens is 2. The summed E-state index contributed by atoms with van der Waals surface area (Å²) < 4.78 is 37.7. The molecule has 1 aliphatic heterocycles. The number of ether oxygens (including phenoxy) is 1. The molecule has 3 heterocycles. The number of hydrogen-bond donors (Lipinski definition) is 3. The summed E-state index contributed by atoms with van der Waals surface area (Å²) >= 11 is 0. The zero-order chi connectivity index (χ0) is 22.7. The number of ketones is 1. The third-order valence-corrected chi connectivity index (χ3v) is 6.33. The Morgan fingerprint density at radius 2 is 2.22 bits per heavy atom. The molecular weight excluding hydrogens is 440 g/mol. The lowest BCUT2D eigenvalue weighted by atomic mass is 10.0. The average Bonchev–Trinajstić information content (AvgIpc) is 3.50. The number of nitrogens with two attached hydrogens (primary N) is 1. The predicted octanol–water partition coefficient (Wildman–Crippen LogP) is 1.17. The standard InChI is InChI=1S/C20H26N4O7S/c21-32(27,28)31-10-13-4-12(5-16(13)25)7-23-20-15(8-22-11-24-20)19(26)18-6-14(9-30-18)17-2-1-3-29-17/h6,8-9,11-13,16-17,25H,1-5,7,10H2,(H2,21,27,28)(H,22,23,24)/t12-,13-,16+,17?/m1/s1. The van der Waals surface area contributed by atoms with Crippen molar-refractivity contribution >= 4 is 21.9 Å². The van der Waals surface area contributed by atoms with Crippen LogP contribution in [0, 0.1) is 11.8 Å². The molecule has 12 heteroatoms. The molecule has 2 aromatic heterocycles. The van der Waals surface area contributed by atoms with E-state index in [4.69, 9.17) is 14.3 Å². The highest BCUT2D eigenvalue weighted by Crippen LogP contribution is 2.33. The highest BCUT2D eigenvalue weighted by molar-refractivity contribution is 7.84. The van der Waals surface area contributed by atoms with Gasteiger partial charge in [0.05, 0.1) is 30.6 Å². The third kappa shape index (κ3) is 5.51. The number of anilines is 1. The summed E-state index contributed by atoms with van der Waals surface area (Å²) in [6.07, 6.45) is 6.44. The molecule has 4 atom stereocenters. The SMILES string of the molecule is NS(=O)(=O)OC[C@H]1C[C@@H](CNc2ncncc2C(=O)c2cc(C3CCCO3)co2)C[C@@H]1O. The Balaban J connectivity index is 1.38. The Morgan fingerprint density at radius 3 is 2.97 bits per heavy atom. The smallest absolute Gasteiger partial charge is 0.333 e. The van der Waals surface area contributed by atoms with E-state index >= 15 is 0 Å². The molecule has 32 heavy (non-hydrogen) atoms. The summed E-state index contributed by atoms with van der Waals surface area (Å²) in [5.41, 5.74) is 1.11. The summed E-state index contributed by atoms with van der Waals surface area (Å²) in [5, 5.41) is 18.2. The van der Waals surface area contributed by atoms with Crippen LogP contribution in [-0.4, -0.2) is 55.1 Å². The van der Waals surface area contributed by atoms with E-state index in [1.807, 2.05) is 0 Å². The number of rotatable bonds is 9. The molecule has 1 aliphatic carbocycles. The van der Waals surface area contributed by atoms with Crippen LogP contribution in [0.4, 0.5) is 5.82 Å². The normalized spacial score (nSPS) is 25.8. The topological polar surface area (TPSA) is 167 Å². The molecule has 1 saturated heterocycles. The van der Waals surface area contributed by atoms with E-state index in [2.05, 4.69) is 19.5 Å². The summed E-state index contributed by atoms with van der Waals surface area (Å²) in [6, 6.07) is 1.69. The Hall–Kier alpha value is -2.38. The van der Waals surface area contributed by atoms with E-state index in [0.717, 1.165) is 18.4 Å². The first kappa shape index (κ1) is 22.8. The van der Waals surface area contributed by atoms with Crippen molar-refractivity contribution in [2.75, 3.05) is 25.1 Å². The minimum absolute atomic E-state index is 0.0340. The molecule has 1 unspecified atom stereocenters. The van der Waals surface area contributed by atoms with Crippen molar-refractivity contribution in [1.82, 2.24) is 9.97 Å². The van der Waals surface area contributed by atoms with Crippen LogP contribution in [0.5, 0.6) is 0 Å². The molecule has 2 aliphatic rings. The molecule has 0 radical (unpaired) electrons. The van der Waals surface area contributed by atoms with Gasteiger partial charge in [-0.05, 0) is 37.7 Å². The van der Waals surface area contributed by atoms with Crippen LogP contribution in [0.25, 0.3) is 0 Å². The zero-order valence-corrected chi connectivity index (χ0v) is 18.2. The molecule has 0 bridgehead atoms. The van der Waals surface area contributed by atoms with Crippen molar-refractivity contribution in [1.29, 1.82) is 0 Å². The first-order chi connectivity index (χ1) is 15.3. The summed E-state index contributed by atoms with van der Waals surface area (Å²) in [5.74, 6) is -0.107. The summed E-state index contributed by atoms with van der Waals surface area (Å²) in [6.45, 7) is 0.962. The van der Waals surface area contributed by atoms with Crippen LogP contribution < -0.4 is 10.5 Å². The fourth-order valence-electron chi connectivity index (χ4n) is 4.23. The molecular formula is C20H26N4O7S. The molecule has 11 nitrogen and oxygen atoms in total. The van der Waals surface area contributed by atoms with Gasteiger partial charge in [0, 0.05) is 30.8 Å². The molecule has 0 spiro atoms. The van der Waals surface area contributed by atoms with Gasteiger partial charge in [0.25, 0.3) is 0 Å². The summed E-state index contributed by atoms with van der Waals surface area (Å²) in [4.78, 5) is 21.1. The fourth-order valence-corrected chi connectivity index (χ4v) is 4.60. The molecule has 0 amide bonds. The number of nitrogens with one attached hydrogen (secondary N) is 1. The van der Waals surface area contributed by atoms with Gasteiger partial charge in [0.1, 0.15) is 12.1 Å². The highest BCUT2D eigenvalue weighted by atomic mass is 32.2. The average molecular weight is 467 g/mol. The Morgan fingerprint density at radius 1 is 1.38 bits per heavy atom. The van der Waals surface area contributed by atoms with Crippen LogP contribution in [-0.2, 0) is 19.2 Å². The van der Waals surface area contributed by atoms with E-state index in [9.17, 15) is 18.3 Å².